The Balaban J connectivity index is 2.07. The molecule has 0 radical (unpaired) electrons. The molecule has 6 heteroatoms. The van der Waals surface area contributed by atoms with E-state index in [2.05, 4.69) is 17.6 Å². The molecule has 0 fully saturated rings. The first-order chi connectivity index (χ1) is 12.6. The van der Waals surface area contributed by atoms with Gasteiger partial charge < -0.3 is 24.8 Å². The van der Waals surface area contributed by atoms with E-state index in [4.69, 9.17) is 26.4 Å². The average molecular weight is 375 g/mol. The number of thiocarbonyl (C=S) groups is 1. The first-order valence-corrected chi connectivity index (χ1v) is 9.04. The number of methoxy groups -OCH3 is 2. The number of ether oxygens (including phenoxy) is 3. The van der Waals surface area contributed by atoms with Gasteiger partial charge in [-0.2, -0.15) is 0 Å². The summed E-state index contributed by atoms with van der Waals surface area (Å²) in [6.07, 6.45) is 0.871. The van der Waals surface area contributed by atoms with E-state index in [1.54, 1.807) is 14.2 Å². The van der Waals surface area contributed by atoms with Crippen molar-refractivity contribution in [2.45, 2.75) is 26.3 Å². The molecule has 0 saturated heterocycles. The van der Waals surface area contributed by atoms with Crippen LogP contribution in [0.15, 0.2) is 42.5 Å². The standard InChI is InChI=1S/C20H26N2O3S/c1-5-17(14-10-11-18(23-3)19(12-14)24-4)22-20(26)21-15-8-7-9-16(13-15)25-6-2/h7-13,17H,5-6H2,1-4H3,(H2,21,22,26). The molecule has 1 unspecified atom stereocenters. The molecule has 0 aliphatic heterocycles. The van der Waals surface area contributed by atoms with Gasteiger partial charge in [0.2, 0.25) is 0 Å². The molecule has 2 rings (SSSR count). The molecule has 0 saturated carbocycles. The smallest absolute Gasteiger partial charge is 0.171 e. The fraction of sp³-hybridized carbons (Fsp3) is 0.350. The lowest BCUT2D eigenvalue weighted by molar-refractivity contribution is 0.340. The van der Waals surface area contributed by atoms with Crippen LogP contribution in [-0.2, 0) is 0 Å². The van der Waals surface area contributed by atoms with E-state index in [0.717, 1.165) is 23.4 Å². The zero-order chi connectivity index (χ0) is 18.9. The Bertz CT molecular complexity index is 737. The van der Waals surface area contributed by atoms with Crippen LogP contribution in [0.1, 0.15) is 31.9 Å². The van der Waals surface area contributed by atoms with Crippen molar-refractivity contribution in [3.05, 3.63) is 48.0 Å². The maximum Gasteiger partial charge on any atom is 0.171 e. The molecule has 0 amide bonds. The fourth-order valence-corrected chi connectivity index (χ4v) is 2.91. The second-order valence-electron chi connectivity index (χ2n) is 5.63. The van der Waals surface area contributed by atoms with Crippen LogP contribution in [0.3, 0.4) is 0 Å². The molecule has 2 aromatic carbocycles. The molecule has 26 heavy (non-hydrogen) atoms. The van der Waals surface area contributed by atoms with Gasteiger partial charge in [0.25, 0.3) is 0 Å². The molecule has 2 aromatic rings. The summed E-state index contributed by atoms with van der Waals surface area (Å²) in [6.45, 7) is 4.69. The van der Waals surface area contributed by atoms with Crippen LogP contribution in [0.2, 0.25) is 0 Å². The molecule has 0 spiro atoms. The highest BCUT2D eigenvalue weighted by Crippen LogP contribution is 2.31. The summed E-state index contributed by atoms with van der Waals surface area (Å²) >= 11 is 5.48. The van der Waals surface area contributed by atoms with Crippen LogP contribution in [0.5, 0.6) is 17.2 Å². The minimum absolute atomic E-state index is 0.0601. The van der Waals surface area contributed by atoms with Gasteiger partial charge in [-0.1, -0.05) is 19.1 Å². The van der Waals surface area contributed by atoms with Gasteiger partial charge in [0.15, 0.2) is 16.6 Å². The van der Waals surface area contributed by atoms with Gasteiger partial charge in [0.05, 0.1) is 26.9 Å². The van der Waals surface area contributed by atoms with Gasteiger partial charge in [0, 0.05) is 11.8 Å². The lowest BCUT2D eigenvalue weighted by Crippen LogP contribution is -2.32. The van der Waals surface area contributed by atoms with Crippen molar-refractivity contribution in [3.63, 3.8) is 0 Å². The number of nitrogens with one attached hydrogen (secondary N) is 2. The van der Waals surface area contributed by atoms with Crippen molar-refractivity contribution in [3.8, 4) is 17.2 Å². The van der Waals surface area contributed by atoms with Gasteiger partial charge in [-0.15, -0.1) is 0 Å². The predicted molar refractivity (Wildman–Crippen MR) is 110 cm³/mol. The lowest BCUT2D eigenvalue weighted by atomic mass is 10.0. The molecule has 1 atom stereocenters. The molecular formula is C20H26N2O3S. The van der Waals surface area contributed by atoms with Crippen LogP contribution in [-0.4, -0.2) is 25.9 Å². The maximum absolute atomic E-state index is 5.52. The summed E-state index contributed by atoms with van der Waals surface area (Å²) in [4.78, 5) is 0. The Labute approximate surface area is 160 Å². The molecular weight excluding hydrogens is 348 g/mol. The quantitative estimate of drug-likeness (QED) is 0.662. The van der Waals surface area contributed by atoms with E-state index in [-0.39, 0.29) is 6.04 Å². The third kappa shape index (κ3) is 5.26. The highest BCUT2D eigenvalue weighted by molar-refractivity contribution is 7.80. The van der Waals surface area contributed by atoms with Crippen LogP contribution in [0.4, 0.5) is 5.69 Å². The molecule has 0 aliphatic rings. The first kappa shape index (κ1) is 19.8. The second-order valence-corrected chi connectivity index (χ2v) is 6.04. The first-order valence-electron chi connectivity index (χ1n) is 8.63. The Morgan fingerprint density at radius 1 is 1.04 bits per heavy atom. The van der Waals surface area contributed by atoms with Gasteiger partial charge in [-0.05, 0) is 55.4 Å². The second kappa shape index (κ2) is 9.87. The van der Waals surface area contributed by atoms with Gasteiger partial charge >= 0.3 is 0 Å². The number of anilines is 1. The van der Waals surface area contributed by atoms with Crippen LogP contribution in [0.25, 0.3) is 0 Å². The molecule has 2 N–H and O–H groups in total. The predicted octanol–water partition coefficient (Wildman–Crippen LogP) is 4.54. The van der Waals surface area contributed by atoms with E-state index in [1.165, 1.54) is 0 Å². The normalized spacial score (nSPS) is 11.4. The molecule has 5 nitrogen and oxygen atoms in total. The zero-order valence-electron chi connectivity index (χ0n) is 15.7. The minimum Gasteiger partial charge on any atom is -0.494 e. The number of rotatable bonds is 8. The van der Waals surface area contributed by atoms with Crippen molar-refractivity contribution in [1.82, 2.24) is 5.32 Å². The summed E-state index contributed by atoms with van der Waals surface area (Å²) in [6, 6.07) is 13.7. The summed E-state index contributed by atoms with van der Waals surface area (Å²) < 4.78 is 16.2. The number of hydrogen-bond acceptors (Lipinski definition) is 4. The summed E-state index contributed by atoms with van der Waals surface area (Å²) in [5, 5.41) is 7.12. The summed E-state index contributed by atoms with van der Waals surface area (Å²) in [5.74, 6) is 2.22. The van der Waals surface area contributed by atoms with E-state index < -0.39 is 0 Å². The number of hydrogen-bond donors (Lipinski definition) is 2. The van der Waals surface area contributed by atoms with Crippen LogP contribution >= 0.6 is 12.2 Å². The highest BCUT2D eigenvalue weighted by atomic mass is 32.1. The van der Waals surface area contributed by atoms with Crippen molar-refractivity contribution in [1.29, 1.82) is 0 Å². The highest BCUT2D eigenvalue weighted by Gasteiger charge is 2.14. The Morgan fingerprint density at radius 3 is 2.46 bits per heavy atom. The maximum atomic E-state index is 5.52. The SMILES string of the molecule is CCOc1cccc(NC(=S)NC(CC)c2ccc(OC)c(OC)c2)c1. The minimum atomic E-state index is 0.0601. The zero-order valence-corrected chi connectivity index (χ0v) is 16.5. The van der Waals surface area contributed by atoms with Crippen LogP contribution < -0.4 is 24.8 Å². The van der Waals surface area contributed by atoms with Crippen molar-refractivity contribution in [2.75, 3.05) is 26.1 Å². The van der Waals surface area contributed by atoms with E-state index in [0.29, 0.717) is 23.2 Å². The Morgan fingerprint density at radius 2 is 1.81 bits per heavy atom. The van der Waals surface area contributed by atoms with Crippen molar-refractivity contribution < 1.29 is 14.2 Å². The fourth-order valence-electron chi connectivity index (χ4n) is 2.65. The molecule has 0 bridgehead atoms. The van der Waals surface area contributed by atoms with Crippen LogP contribution in [0, 0.1) is 0 Å². The largest absolute Gasteiger partial charge is 0.494 e. The van der Waals surface area contributed by atoms with Gasteiger partial charge in [-0.3, -0.25) is 0 Å². The Hall–Kier alpha value is -2.47. The monoisotopic (exact) mass is 374 g/mol. The van der Waals surface area contributed by atoms with E-state index >= 15 is 0 Å². The number of benzene rings is 2. The van der Waals surface area contributed by atoms with E-state index in [1.807, 2.05) is 49.4 Å². The molecule has 140 valence electrons. The third-order valence-corrected chi connectivity index (χ3v) is 4.15. The molecule has 0 aliphatic carbocycles. The van der Waals surface area contributed by atoms with Crippen molar-refractivity contribution in [2.24, 2.45) is 0 Å². The molecule has 0 heterocycles. The van der Waals surface area contributed by atoms with Gasteiger partial charge in [0.1, 0.15) is 5.75 Å². The van der Waals surface area contributed by atoms with Crippen molar-refractivity contribution >= 4 is 23.0 Å². The lowest BCUT2D eigenvalue weighted by Gasteiger charge is -2.21. The third-order valence-electron chi connectivity index (χ3n) is 3.93. The molecule has 0 aromatic heterocycles. The topological polar surface area (TPSA) is 51.8 Å². The summed E-state index contributed by atoms with van der Waals surface area (Å²) in [7, 11) is 3.26. The summed E-state index contributed by atoms with van der Waals surface area (Å²) in [5.41, 5.74) is 1.97. The Kier molecular flexibility index (Phi) is 7.53. The van der Waals surface area contributed by atoms with E-state index in [9.17, 15) is 0 Å². The van der Waals surface area contributed by atoms with Gasteiger partial charge in [-0.25, -0.2) is 0 Å². The average Bonchev–Trinajstić information content (AvgIpc) is 2.66.